The van der Waals surface area contributed by atoms with Crippen LogP contribution in [0.5, 0.6) is 0 Å². The summed E-state index contributed by atoms with van der Waals surface area (Å²) in [6, 6.07) is 11.4. The maximum absolute atomic E-state index is 5.79. The Hall–Kier alpha value is -0.700. The van der Waals surface area contributed by atoms with Gasteiger partial charge in [0.1, 0.15) is 5.03 Å². The van der Waals surface area contributed by atoms with E-state index in [4.69, 9.17) is 23.2 Å². The molecule has 0 spiro atoms. The number of halogens is 2. The monoisotopic (exact) mass is 255 g/mol. The summed E-state index contributed by atoms with van der Waals surface area (Å²) in [6.07, 6.45) is 1.64. The van der Waals surface area contributed by atoms with Gasteiger partial charge in [-0.3, -0.25) is 0 Å². The summed E-state index contributed by atoms with van der Waals surface area (Å²) in [6.45, 7) is 0. The van der Waals surface area contributed by atoms with E-state index in [-0.39, 0.29) is 0 Å². The molecule has 0 aliphatic carbocycles. The number of hydrogen-bond acceptors (Lipinski definition) is 2. The molecule has 1 heterocycles. The van der Waals surface area contributed by atoms with E-state index in [1.807, 2.05) is 36.4 Å². The first-order chi connectivity index (χ1) is 7.24. The molecule has 0 N–H and O–H groups in total. The van der Waals surface area contributed by atoms with Crippen LogP contribution in [0.1, 0.15) is 0 Å². The lowest BCUT2D eigenvalue weighted by Crippen LogP contribution is -1.78. The maximum Gasteiger partial charge on any atom is 0.101 e. The molecule has 0 atom stereocenters. The molecule has 1 nitrogen and oxygen atoms in total. The zero-order valence-corrected chi connectivity index (χ0v) is 9.98. The topological polar surface area (TPSA) is 12.9 Å². The quantitative estimate of drug-likeness (QED) is 0.782. The first kappa shape index (κ1) is 10.8. The lowest BCUT2D eigenvalue weighted by atomic mass is 10.4. The maximum atomic E-state index is 5.79. The third kappa shape index (κ3) is 3.13. The van der Waals surface area contributed by atoms with Gasteiger partial charge in [-0.1, -0.05) is 35.0 Å². The van der Waals surface area contributed by atoms with E-state index in [1.165, 1.54) is 0 Å². The summed E-state index contributed by atoms with van der Waals surface area (Å²) < 4.78 is 0. The van der Waals surface area contributed by atoms with Crippen LogP contribution in [0, 0.1) is 0 Å². The normalized spacial score (nSPS) is 10.3. The van der Waals surface area contributed by atoms with Gasteiger partial charge in [0.25, 0.3) is 0 Å². The lowest BCUT2D eigenvalue weighted by Gasteiger charge is -2.00. The second-order valence-corrected chi connectivity index (χ2v) is 4.84. The van der Waals surface area contributed by atoms with Crippen LogP contribution < -0.4 is 0 Å². The molecule has 0 aliphatic heterocycles. The predicted molar refractivity (Wildman–Crippen MR) is 64.8 cm³/mol. The average Bonchev–Trinajstić information content (AvgIpc) is 2.25. The highest BCUT2D eigenvalue weighted by Gasteiger charge is 1.98. The van der Waals surface area contributed by atoms with Crippen molar-refractivity contribution in [2.75, 3.05) is 0 Å². The Bertz CT molecular complexity index is 396. The molecule has 15 heavy (non-hydrogen) atoms. The fraction of sp³-hybridized carbons (Fsp3) is 0. The Balaban J connectivity index is 2.15. The second kappa shape index (κ2) is 4.88. The van der Waals surface area contributed by atoms with Crippen LogP contribution in [0.4, 0.5) is 0 Å². The Morgan fingerprint density at radius 1 is 0.867 bits per heavy atom. The fourth-order valence-electron chi connectivity index (χ4n) is 1.05. The fourth-order valence-corrected chi connectivity index (χ4v) is 2.04. The van der Waals surface area contributed by atoms with E-state index in [0.29, 0.717) is 5.02 Å². The number of nitrogens with zero attached hydrogens (tertiary/aromatic N) is 1. The third-order valence-electron chi connectivity index (χ3n) is 1.74. The Labute approximate surface area is 102 Å². The highest BCUT2D eigenvalue weighted by Crippen LogP contribution is 2.27. The number of rotatable bonds is 2. The number of benzene rings is 1. The summed E-state index contributed by atoms with van der Waals surface area (Å²) in [5.74, 6) is 0. The minimum Gasteiger partial charge on any atom is -0.248 e. The van der Waals surface area contributed by atoms with E-state index < -0.39 is 0 Å². The Morgan fingerprint density at radius 3 is 2.13 bits per heavy atom. The largest absolute Gasteiger partial charge is 0.248 e. The Kier molecular flexibility index (Phi) is 3.52. The van der Waals surface area contributed by atoms with Crippen molar-refractivity contribution >= 4 is 35.0 Å². The summed E-state index contributed by atoms with van der Waals surface area (Å²) in [5.41, 5.74) is 0. The minimum absolute atomic E-state index is 0.649. The average molecular weight is 256 g/mol. The highest BCUT2D eigenvalue weighted by molar-refractivity contribution is 7.99. The van der Waals surface area contributed by atoms with Crippen LogP contribution in [-0.2, 0) is 0 Å². The zero-order valence-electron chi connectivity index (χ0n) is 7.65. The molecule has 0 radical (unpaired) electrons. The van der Waals surface area contributed by atoms with Gasteiger partial charge in [-0.05, 0) is 36.4 Å². The van der Waals surface area contributed by atoms with Gasteiger partial charge in [0.05, 0.1) is 5.02 Å². The van der Waals surface area contributed by atoms with Gasteiger partial charge in [-0.15, -0.1) is 0 Å². The van der Waals surface area contributed by atoms with E-state index in [9.17, 15) is 0 Å². The van der Waals surface area contributed by atoms with Gasteiger partial charge in [0, 0.05) is 16.1 Å². The molecule has 0 fully saturated rings. The summed E-state index contributed by atoms with van der Waals surface area (Å²) in [4.78, 5) is 5.30. The number of pyridine rings is 1. The van der Waals surface area contributed by atoms with Gasteiger partial charge >= 0.3 is 0 Å². The molecule has 0 saturated carbocycles. The molecule has 0 unspecified atom stereocenters. The van der Waals surface area contributed by atoms with Gasteiger partial charge in [-0.2, -0.15) is 0 Å². The van der Waals surface area contributed by atoms with E-state index in [0.717, 1.165) is 14.9 Å². The summed E-state index contributed by atoms with van der Waals surface area (Å²) in [7, 11) is 0. The van der Waals surface area contributed by atoms with Crippen molar-refractivity contribution in [2.45, 2.75) is 9.92 Å². The molecule has 1 aromatic heterocycles. The van der Waals surface area contributed by atoms with Crippen molar-refractivity contribution in [3.8, 4) is 0 Å². The summed E-state index contributed by atoms with van der Waals surface area (Å²) in [5, 5.41) is 2.31. The van der Waals surface area contributed by atoms with E-state index in [1.54, 1.807) is 18.0 Å². The molecule has 1 aromatic carbocycles. The van der Waals surface area contributed by atoms with Crippen molar-refractivity contribution in [3.63, 3.8) is 0 Å². The van der Waals surface area contributed by atoms with E-state index in [2.05, 4.69) is 4.98 Å². The van der Waals surface area contributed by atoms with Crippen molar-refractivity contribution in [2.24, 2.45) is 0 Å². The predicted octanol–water partition coefficient (Wildman–Crippen LogP) is 4.54. The first-order valence-electron chi connectivity index (χ1n) is 4.29. The molecule has 2 rings (SSSR count). The van der Waals surface area contributed by atoms with Crippen molar-refractivity contribution in [1.29, 1.82) is 0 Å². The number of hydrogen-bond donors (Lipinski definition) is 0. The molecule has 0 saturated heterocycles. The van der Waals surface area contributed by atoms with Crippen molar-refractivity contribution in [3.05, 3.63) is 52.6 Å². The molecule has 4 heteroatoms. The van der Waals surface area contributed by atoms with Gasteiger partial charge in [-0.25, -0.2) is 4.98 Å². The van der Waals surface area contributed by atoms with Crippen molar-refractivity contribution < 1.29 is 0 Å². The molecule has 0 bridgehead atoms. The first-order valence-corrected chi connectivity index (χ1v) is 5.86. The zero-order chi connectivity index (χ0) is 10.7. The molecule has 76 valence electrons. The minimum atomic E-state index is 0.649. The highest BCUT2D eigenvalue weighted by atomic mass is 35.5. The van der Waals surface area contributed by atoms with E-state index >= 15 is 0 Å². The lowest BCUT2D eigenvalue weighted by molar-refractivity contribution is 1.13. The molecule has 2 aromatic rings. The third-order valence-corrected chi connectivity index (χ3v) is 3.17. The second-order valence-electron chi connectivity index (χ2n) is 2.87. The molecular formula is C11H7Cl2NS. The van der Waals surface area contributed by atoms with Crippen LogP contribution >= 0.6 is 35.0 Å². The van der Waals surface area contributed by atoms with Crippen LogP contribution in [0.25, 0.3) is 0 Å². The smallest absolute Gasteiger partial charge is 0.101 e. The standard InChI is InChI=1S/C11H7Cl2NS/c12-8-1-4-10(5-2-8)15-11-6-3-9(13)7-14-11/h1-7H. The van der Waals surface area contributed by atoms with Gasteiger partial charge in [0.15, 0.2) is 0 Å². The van der Waals surface area contributed by atoms with Gasteiger partial charge < -0.3 is 0 Å². The van der Waals surface area contributed by atoms with Crippen LogP contribution in [0.15, 0.2) is 52.5 Å². The van der Waals surface area contributed by atoms with Gasteiger partial charge in [0.2, 0.25) is 0 Å². The number of aromatic nitrogens is 1. The Morgan fingerprint density at radius 2 is 1.53 bits per heavy atom. The molecule has 0 amide bonds. The van der Waals surface area contributed by atoms with Crippen LogP contribution in [0.3, 0.4) is 0 Å². The van der Waals surface area contributed by atoms with Crippen LogP contribution in [0.2, 0.25) is 10.0 Å². The summed E-state index contributed by atoms with van der Waals surface area (Å²) >= 11 is 13.1. The van der Waals surface area contributed by atoms with Crippen LogP contribution in [-0.4, -0.2) is 4.98 Å². The molecule has 0 aliphatic rings. The SMILES string of the molecule is Clc1ccc(Sc2ccc(Cl)cn2)cc1. The van der Waals surface area contributed by atoms with Crippen molar-refractivity contribution in [1.82, 2.24) is 4.98 Å². The molecular weight excluding hydrogens is 249 g/mol.